The van der Waals surface area contributed by atoms with Crippen molar-refractivity contribution in [3.63, 3.8) is 0 Å². The van der Waals surface area contributed by atoms with E-state index in [0.717, 1.165) is 25.7 Å². The summed E-state index contributed by atoms with van der Waals surface area (Å²) in [7, 11) is 0. The molecule has 0 N–H and O–H groups in total. The van der Waals surface area contributed by atoms with Crippen molar-refractivity contribution in [1.29, 1.82) is 0 Å². The minimum atomic E-state index is -0.770. The molecule has 0 aromatic carbocycles. The van der Waals surface area contributed by atoms with Crippen LogP contribution >= 0.6 is 0 Å². The molecule has 1 heterocycles. The van der Waals surface area contributed by atoms with Gasteiger partial charge in [0.15, 0.2) is 0 Å². The number of Topliss-reactive ketones (excluding diaryl/α,β-unsaturated/α-hetero) is 1. The topological polar surface area (TPSA) is 63.7 Å². The van der Waals surface area contributed by atoms with Gasteiger partial charge in [-0.1, -0.05) is 20.3 Å². The van der Waals surface area contributed by atoms with Gasteiger partial charge >= 0.3 is 6.09 Å². The molecule has 0 aromatic heterocycles. The Bertz CT molecular complexity index is 404. The SMILES string of the molecule is CC(C)C(=O)[C@H](C)C(=O)N1C(=O)O[C@H]2CCCC[C@@H]21. The third-order valence-corrected chi connectivity index (χ3v) is 4.05. The molecule has 0 bridgehead atoms. The molecule has 2 aliphatic rings. The van der Waals surface area contributed by atoms with Crippen molar-refractivity contribution >= 4 is 17.8 Å². The molecule has 2 fully saturated rings. The minimum Gasteiger partial charge on any atom is -0.444 e. The zero-order chi connectivity index (χ0) is 14.2. The lowest BCUT2D eigenvalue weighted by atomic mass is 9.90. The van der Waals surface area contributed by atoms with Crippen molar-refractivity contribution in [2.45, 2.75) is 58.6 Å². The Kier molecular flexibility index (Phi) is 3.92. The van der Waals surface area contributed by atoms with Crippen molar-refractivity contribution < 1.29 is 19.1 Å². The van der Waals surface area contributed by atoms with E-state index in [4.69, 9.17) is 4.74 Å². The molecule has 3 atom stereocenters. The largest absolute Gasteiger partial charge is 0.444 e. The lowest BCUT2D eigenvalue weighted by Gasteiger charge is -2.28. The molecule has 0 aromatic rings. The number of ether oxygens (including phenoxy) is 1. The van der Waals surface area contributed by atoms with Crippen LogP contribution in [0.4, 0.5) is 4.79 Å². The summed E-state index contributed by atoms with van der Waals surface area (Å²) in [5, 5.41) is 0. The maximum Gasteiger partial charge on any atom is 0.417 e. The van der Waals surface area contributed by atoms with Crippen LogP contribution in [0.3, 0.4) is 0 Å². The second-order valence-electron chi connectivity index (χ2n) is 5.76. The van der Waals surface area contributed by atoms with Crippen LogP contribution < -0.4 is 0 Å². The average molecular weight is 267 g/mol. The number of carbonyl (C=O) groups is 3. The van der Waals surface area contributed by atoms with Gasteiger partial charge in [-0.05, 0) is 26.2 Å². The Morgan fingerprint density at radius 1 is 1.21 bits per heavy atom. The van der Waals surface area contributed by atoms with Gasteiger partial charge in [-0.25, -0.2) is 9.69 Å². The fourth-order valence-corrected chi connectivity index (χ4v) is 2.92. The lowest BCUT2D eigenvalue weighted by Crippen LogP contribution is -2.46. The van der Waals surface area contributed by atoms with Gasteiger partial charge in [0.05, 0.1) is 12.0 Å². The number of hydrogen-bond donors (Lipinski definition) is 0. The van der Waals surface area contributed by atoms with Crippen molar-refractivity contribution in [3.05, 3.63) is 0 Å². The van der Waals surface area contributed by atoms with E-state index in [9.17, 15) is 14.4 Å². The monoisotopic (exact) mass is 267 g/mol. The minimum absolute atomic E-state index is 0.128. The number of amides is 2. The Labute approximate surface area is 113 Å². The standard InChI is InChI=1S/C14H21NO4/c1-8(2)12(16)9(3)13(17)15-10-6-4-5-7-11(10)19-14(15)18/h8-11H,4-7H2,1-3H3/t9-,10-,11-/m0/s1. The third-order valence-electron chi connectivity index (χ3n) is 4.05. The number of ketones is 1. The van der Waals surface area contributed by atoms with E-state index in [1.54, 1.807) is 20.8 Å². The van der Waals surface area contributed by atoms with E-state index in [2.05, 4.69) is 0 Å². The first kappa shape index (κ1) is 14.0. The van der Waals surface area contributed by atoms with Crippen LogP contribution in [0.1, 0.15) is 46.5 Å². The van der Waals surface area contributed by atoms with Crippen LogP contribution in [-0.2, 0) is 14.3 Å². The lowest BCUT2D eigenvalue weighted by molar-refractivity contribution is -0.140. The van der Waals surface area contributed by atoms with Crippen LogP contribution in [0.2, 0.25) is 0 Å². The highest BCUT2D eigenvalue weighted by Crippen LogP contribution is 2.33. The second-order valence-corrected chi connectivity index (χ2v) is 5.76. The molecular formula is C14H21NO4. The number of nitrogens with zero attached hydrogens (tertiary/aromatic N) is 1. The highest BCUT2D eigenvalue weighted by atomic mass is 16.6. The van der Waals surface area contributed by atoms with Gasteiger partial charge in [-0.2, -0.15) is 0 Å². The average Bonchev–Trinajstić information content (AvgIpc) is 2.71. The second kappa shape index (κ2) is 5.31. The predicted octanol–water partition coefficient (Wildman–Crippen LogP) is 2.14. The molecule has 1 saturated carbocycles. The maximum atomic E-state index is 12.4. The van der Waals surface area contributed by atoms with Crippen molar-refractivity contribution in [3.8, 4) is 0 Å². The summed E-state index contributed by atoms with van der Waals surface area (Å²) >= 11 is 0. The molecule has 5 heteroatoms. The summed E-state index contributed by atoms with van der Waals surface area (Å²) in [6.45, 7) is 5.10. The van der Waals surface area contributed by atoms with E-state index < -0.39 is 17.9 Å². The van der Waals surface area contributed by atoms with Gasteiger partial charge in [0, 0.05) is 5.92 Å². The Morgan fingerprint density at radius 2 is 1.84 bits per heavy atom. The van der Waals surface area contributed by atoms with Gasteiger partial charge in [0.1, 0.15) is 11.9 Å². The molecule has 1 aliphatic carbocycles. The van der Waals surface area contributed by atoms with Crippen LogP contribution in [-0.4, -0.2) is 34.8 Å². The van der Waals surface area contributed by atoms with Crippen molar-refractivity contribution in [2.75, 3.05) is 0 Å². The molecular weight excluding hydrogens is 246 g/mol. The molecule has 5 nitrogen and oxygen atoms in total. The summed E-state index contributed by atoms with van der Waals surface area (Å²) in [5.74, 6) is -1.51. The maximum absolute atomic E-state index is 12.4. The molecule has 0 radical (unpaired) electrons. The summed E-state index contributed by atoms with van der Waals surface area (Å²) in [5.41, 5.74) is 0. The molecule has 1 aliphatic heterocycles. The molecule has 1 saturated heterocycles. The van der Waals surface area contributed by atoms with E-state index in [-0.39, 0.29) is 23.8 Å². The number of carbonyl (C=O) groups excluding carboxylic acids is 3. The van der Waals surface area contributed by atoms with Gasteiger partial charge in [-0.15, -0.1) is 0 Å². The first-order chi connectivity index (χ1) is 8.93. The summed E-state index contributed by atoms with van der Waals surface area (Å²) < 4.78 is 5.24. The number of rotatable bonds is 3. The zero-order valence-corrected chi connectivity index (χ0v) is 11.7. The number of fused-ring (bicyclic) bond motifs is 1. The van der Waals surface area contributed by atoms with Crippen LogP contribution in [0.5, 0.6) is 0 Å². The van der Waals surface area contributed by atoms with Crippen LogP contribution in [0.25, 0.3) is 0 Å². The van der Waals surface area contributed by atoms with Gasteiger partial charge in [-0.3, -0.25) is 9.59 Å². The molecule has 0 spiro atoms. The highest BCUT2D eigenvalue weighted by molar-refractivity contribution is 6.06. The summed E-state index contributed by atoms with van der Waals surface area (Å²) in [4.78, 5) is 37.3. The molecule has 2 rings (SSSR count). The first-order valence-corrected chi connectivity index (χ1v) is 7.01. The summed E-state index contributed by atoms with van der Waals surface area (Å²) in [6, 6.07) is -0.170. The fourth-order valence-electron chi connectivity index (χ4n) is 2.92. The van der Waals surface area contributed by atoms with Gasteiger partial charge in [0.25, 0.3) is 0 Å². The van der Waals surface area contributed by atoms with Crippen molar-refractivity contribution in [1.82, 2.24) is 4.90 Å². The smallest absolute Gasteiger partial charge is 0.417 e. The molecule has 106 valence electrons. The highest BCUT2D eigenvalue weighted by Gasteiger charge is 2.47. The Morgan fingerprint density at radius 3 is 2.47 bits per heavy atom. The normalized spacial score (nSPS) is 28.0. The van der Waals surface area contributed by atoms with Gasteiger partial charge in [0.2, 0.25) is 5.91 Å². The number of imide groups is 1. The summed E-state index contributed by atoms with van der Waals surface area (Å²) in [6.07, 6.45) is 2.86. The van der Waals surface area contributed by atoms with E-state index in [1.807, 2.05) is 0 Å². The number of hydrogen-bond acceptors (Lipinski definition) is 4. The first-order valence-electron chi connectivity index (χ1n) is 7.01. The van der Waals surface area contributed by atoms with Crippen LogP contribution in [0.15, 0.2) is 0 Å². The van der Waals surface area contributed by atoms with Crippen molar-refractivity contribution in [2.24, 2.45) is 11.8 Å². The molecule has 0 unspecified atom stereocenters. The molecule has 2 amide bonds. The fraction of sp³-hybridized carbons (Fsp3) is 0.786. The van der Waals surface area contributed by atoms with E-state index in [0.29, 0.717) is 0 Å². The quantitative estimate of drug-likeness (QED) is 0.735. The third kappa shape index (κ3) is 2.51. The predicted molar refractivity (Wildman–Crippen MR) is 68.4 cm³/mol. The Balaban J connectivity index is 2.13. The van der Waals surface area contributed by atoms with E-state index >= 15 is 0 Å². The zero-order valence-electron chi connectivity index (χ0n) is 11.7. The van der Waals surface area contributed by atoms with Crippen LogP contribution in [0, 0.1) is 11.8 Å². The van der Waals surface area contributed by atoms with Gasteiger partial charge < -0.3 is 4.74 Å². The Hall–Kier alpha value is -1.39. The van der Waals surface area contributed by atoms with E-state index in [1.165, 1.54) is 4.90 Å². The molecule has 19 heavy (non-hydrogen) atoms.